The lowest BCUT2D eigenvalue weighted by Gasteiger charge is -2.35. The average Bonchev–Trinajstić information content (AvgIpc) is 2.59. The lowest BCUT2D eigenvalue weighted by Crippen LogP contribution is -2.51. The quantitative estimate of drug-likeness (QED) is 0.851. The van der Waals surface area contributed by atoms with Gasteiger partial charge in [0.2, 0.25) is 5.91 Å². The first kappa shape index (κ1) is 16.5. The molecule has 2 amide bonds. The number of nitrogens with two attached hydrogens (primary N) is 1. The molecule has 2 rings (SSSR count). The Bertz CT molecular complexity index is 495. The van der Waals surface area contributed by atoms with Crippen LogP contribution in [0.1, 0.15) is 16.8 Å². The minimum atomic E-state index is -0.239. The molecule has 0 aromatic heterocycles. The summed E-state index contributed by atoms with van der Waals surface area (Å²) >= 11 is 0. The van der Waals surface area contributed by atoms with Gasteiger partial charge >= 0.3 is 0 Å². The van der Waals surface area contributed by atoms with Crippen LogP contribution in [0.15, 0.2) is 30.3 Å². The molecule has 1 saturated heterocycles. The van der Waals surface area contributed by atoms with Crippen LogP contribution in [0, 0.1) is 0 Å². The molecule has 0 aliphatic carbocycles. The molecule has 0 bridgehead atoms. The normalized spacial score (nSPS) is 16.5. The van der Waals surface area contributed by atoms with Gasteiger partial charge in [0.25, 0.3) is 5.91 Å². The first-order chi connectivity index (χ1) is 10.7. The number of methoxy groups -OCH3 is 1. The summed E-state index contributed by atoms with van der Waals surface area (Å²) in [4.78, 5) is 28.1. The highest BCUT2D eigenvalue weighted by Crippen LogP contribution is 2.10. The van der Waals surface area contributed by atoms with E-state index in [1.807, 2.05) is 30.3 Å². The van der Waals surface area contributed by atoms with Crippen LogP contribution in [-0.4, -0.2) is 67.6 Å². The van der Waals surface area contributed by atoms with Crippen molar-refractivity contribution in [3.05, 3.63) is 35.9 Å². The van der Waals surface area contributed by atoms with Crippen molar-refractivity contribution in [1.29, 1.82) is 0 Å². The van der Waals surface area contributed by atoms with E-state index >= 15 is 0 Å². The van der Waals surface area contributed by atoms with E-state index in [0.29, 0.717) is 44.7 Å². The second kappa shape index (κ2) is 7.91. The van der Waals surface area contributed by atoms with Crippen molar-refractivity contribution < 1.29 is 14.3 Å². The minimum Gasteiger partial charge on any atom is -0.380 e. The molecule has 120 valence electrons. The topological polar surface area (TPSA) is 75.9 Å². The zero-order valence-corrected chi connectivity index (χ0v) is 12.9. The third kappa shape index (κ3) is 4.05. The molecule has 1 aromatic rings. The molecule has 1 fully saturated rings. The second-order valence-corrected chi connectivity index (χ2v) is 5.34. The Labute approximate surface area is 130 Å². The van der Waals surface area contributed by atoms with Crippen molar-refractivity contribution in [1.82, 2.24) is 9.80 Å². The average molecular weight is 305 g/mol. The molecule has 6 heteroatoms. The standard InChI is InChI=1S/C16H23N3O3/c1-22-14(12-17)11-15(20)18-7-9-19(10-8-18)16(21)13-5-3-2-4-6-13/h2-6,14H,7-12,17H2,1H3. The van der Waals surface area contributed by atoms with Gasteiger partial charge in [-0.25, -0.2) is 0 Å². The third-order valence-electron chi connectivity index (χ3n) is 3.94. The lowest BCUT2D eigenvalue weighted by molar-refractivity contribution is -0.135. The second-order valence-electron chi connectivity index (χ2n) is 5.34. The van der Waals surface area contributed by atoms with Gasteiger partial charge in [-0.05, 0) is 12.1 Å². The van der Waals surface area contributed by atoms with Gasteiger partial charge in [0.1, 0.15) is 0 Å². The Morgan fingerprint density at radius 3 is 2.27 bits per heavy atom. The summed E-state index contributed by atoms with van der Waals surface area (Å²) in [6, 6.07) is 9.21. The number of nitrogens with zero attached hydrogens (tertiary/aromatic N) is 2. The van der Waals surface area contributed by atoms with Crippen molar-refractivity contribution in [3.8, 4) is 0 Å². The fourth-order valence-electron chi connectivity index (χ4n) is 2.51. The van der Waals surface area contributed by atoms with Gasteiger partial charge in [0.05, 0.1) is 12.5 Å². The summed E-state index contributed by atoms with van der Waals surface area (Å²) in [5, 5.41) is 0. The van der Waals surface area contributed by atoms with E-state index in [4.69, 9.17) is 10.5 Å². The number of benzene rings is 1. The monoisotopic (exact) mass is 305 g/mol. The molecule has 1 unspecified atom stereocenters. The molecule has 1 aromatic carbocycles. The Hall–Kier alpha value is -1.92. The van der Waals surface area contributed by atoms with Crippen molar-refractivity contribution >= 4 is 11.8 Å². The zero-order chi connectivity index (χ0) is 15.9. The summed E-state index contributed by atoms with van der Waals surface area (Å²) in [7, 11) is 1.56. The van der Waals surface area contributed by atoms with Crippen molar-refractivity contribution in [2.75, 3.05) is 39.8 Å². The van der Waals surface area contributed by atoms with Gasteiger partial charge < -0.3 is 20.3 Å². The largest absolute Gasteiger partial charge is 0.380 e. The molecular formula is C16H23N3O3. The molecule has 0 spiro atoms. The maximum Gasteiger partial charge on any atom is 0.253 e. The van der Waals surface area contributed by atoms with Crippen molar-refractivity contribution in [2.45, 2.75) is 12.5 Å². The number of amides is 2. The molecule has 1 atom stereocenters. The van der Waals surface area contributed by atoms with Crippen LogP contribution in [0.2, 0.25) is 0 Å². The number of ether oxygens (including phenoxy) is 1. The number of rotatable bonds is 5. The van der Waals surface area contributed by atoms with E-state index in [9.17, 15) is 9.59 Å². The molecule has 6 nitrogen and oxygen atoms in total. The molecule has 0 saturated carbocycles. The predicted octanol–water partition coefficient (Wildman–Crippen LogP) is 0.335. The molecule has 1 heterocycles. The molecule has 1 aliphatic heterocycles. The minimum absolute atomic E-state index is 0.0180. The lowest BCUT2D eigenvalue weighted by atomic mass is 10.1. The number of carbonyl (C=O) groups is 2. The Morgan fingerprint density at radius 2 is 1.73 bits per heavy atom. The summed E-state index contributed by atoms with van der Waals surface area (Å²) in [5.74, 6) is 0.0496. The predicted molar refractivity (Wildman–Crippen MR) is 83.4 cm³/mol. The third-order valence-corrected chi connectivity index (χ3v) is 3.94. The number of carbonyl (C=O) groups excluding carboxylic acids is 2. The van der Waals surface area contributed by atoms with Gasteiger partial charge in [-0.2, -0.15) is 0 Å². The van der Waals surface area contributed by atoms with Gasteiger partial charge in [-0.1, -0.05) is 18.2 Å². The van der Waals surface area contributed by atoms with E-state index in [1.54, 1.807) is 16.9 Å². The highest BCUT2D eigenvalue weighted by Gasteiger charge is 2.25. The Kier molecular flexibility index (Phi) is 5.91. The van der Waals surface area contributed by atoms with Crippen LogP contribution in [0.5, 0.6) is 0 Å². The van der Waals surface area contributed by atoms with Gasteiger partial charge in [-0.15, -0.1) is 0 Å². The van der Waals surface area contributed by atoms with Crippen molar-refractivity contribution in [3.63, 3.8) is 0 Å². The van der Waals surface area contributed by atoms with Gasteiger partial charge in [0.15, 0.2) is 0 Å². The number of hydrogen-bond acceptors (Lipinski definition) is 4. The maximum absolute atomic E-state index is 12.3. The van der Waals surface area contributed by atoms with Gasteiger partial charge in [0, 0.05) is 45.4 Å². The molecule has 22 heavy (non-hydrogen) atoms. The molecule has 2 N–H and O–H groups in total. The summed E-state index contributed by atoms with van der Waals surface area (Å²) < 4.78 is 5.14. The Balaban J connectivity index is 1.85. The first-order valence-electron chi connectivity index (χ1n) is 7.50. The van der Waals surface area contributed by atoms with Crippen LogP contribution in [0.25, 0.3) is 0 Å². The highest BCUT2D eigenvalue weighted by atomic mass is 16.5. The highest BCUT2D eigenvalue weighted by molar-refractivity contribution is 5.94. The van der Waals surface area contributed by atoms with Crippen LogP contribution >= 0.6 is 0 Å². The van der Waals surface area contributed by atoms with E-state index in [2.05, 4.69) is 0 Å². The van der Waals surface area contributed by atoms with Gasteiger partial charge in [-0.3, -0.25) is 9.59 Å². The molecular weight excluding hydrogens is 282 g/mol. The fourth-order valence-corrected chi connectivity index (χ4v) is 2.51. The molecule has 0 radical (unpaired) electrons. The summed E-state index contributed by atoms with van der Waals surface area (Å²) in [6.45, 7) is 2.55. The van der Waals surface area contributed by atoms with Crippen LogP contribution in [0.4, 0.5) is 0 Å². The fraction of sp³-hybridized carbons (Fsp3) is 0.500. The SMILES string of the molecule is COC(CN)CC(=O)N1CCN(C(=O)c2ccccc2)CC1. The van der Waals surface area contributed by atoms with E-state index in [0.717, 1.165) is 0 Å². The maximum atomic E-state index is 12.3. The van der Waals surface area contributed by atoms with Crippen LogP contribution < -0.4 is 5.73 Å². The van der Waals surface area contributed by atoms with E-state index in [1.165, 1.54) is 0 Å². The summed E-state index contributed by atoms with van der Waals surface area (Å²) in [5.41, 5.74) is 6.22. The van der Waals surface area contributed by atoms with Crippen LogP contribution in [0.3, 0.4) is 0 Å². The van der Waals surface area contributed by atoms with Crippen LogP contribution in [-0.2, 0) is 9.53 Å². The number of hydrogen-bond donors (Lipinski definition) is 1. The number of piperazine rings is 1. The zero-order valence-electron chi connectivity index (χ0n) is 12.9. The van der Waals surface area contributed by atoms with E-state index < -0.39 is 0 Å². The Morgan fingerprint density at radius 1 is 1.14 bits per heavy atom. The van der Waals surface area contributed by atoms with Crippen molar-refractivity contribution in [2.24, 2.45) is 5.73 Å². The van der Waals surface area contributed by atoms with E-state index in [-0.39, 0.29) is 17.9 Å². The first-order valence-corrected chi connectivity index (χ1v) is 7.50. The smallest absolute Gasteiger partial charge is 0.253 e. The summed E-state index contributed by atoms with van der Waals surface area (Å²) in [6.07, 6.45) is 0.0519. The molecule has 1 aliphatic rings.